The number of hydrogen-bond donors (Lipinski definition) is 3. The van der Waals surface area contributed by atoms with Crippen LogP contribution >= 0.6 is 22.9 Å². The maximum Gasteiger partial charge on any atom is 0.284 e. The van der Waals surface area contributed by atoms with E-state index in [9.17, 15) is 14.1 Å². The molecular formula is C18H17ClN4O4S2. The van der Waals surface area contributed by atoms with Crippen LogP contribution in [0.5, 0.6) is 0 Å². The SMILES string of the molecule is CNC(=O)c1cc(C)cc(C)c1NC(=O)c1sccc1[S+]([O-])Nc1oncc1Cl. The van der Waals surface area contributed by atoms with Crippen molar-refractivity contribution < 1.29 is 18.7 Å². The summed E-state index contributed by atoms with van der Waals surface area (Å²) in [4.78, 5) is 25.6. The van der Waals surface area contributed by atoms with Gasteiger partial charge >= 0.3 is 0 Å². The van der Waals surface area contributed by atoms with Crippen LogP contribution in [-0.4, -0.2) is 28.6 Å². The maximum atomic E-state index is 12.9. The molecule has 0 saturated carbocycles. The molecule has 2 aromatic heterocycles. The fraction of sp³-hybridized carbons (Fsp3) is 0.167. The van der Waals surface area contributed by atoms with E-state index in [1.54, 1.807) is 24.4 Å². The summed E-state index contributed by atoms with van der Waals surface area (Å²) in [5, 5.41) is 10.7. The standard InChI is InChI=1S/C18H17ClN4O4S2/c1-9-6-10(2)14(11(7-9)16(24)20-3)22-17(25)15-13(4-5-28-15)29(26)23-18-12(19)8-21-27-18/h4-8,23H,1-3H3,(H,20,24)(H,22,25). The monoisotopic (exact) mass is 452 g/mol. The van der Waals surface area contributed by atoms with Crippen molar-refractivity contribution in [3.05, 3.63) is 56.4 Å². The third kappa shape index (κ3) is 4.56. The first-order chi connectivity index (χ1) is 13.8. The molecule has 0 saturated heterocycles. The normalized spacial score (nSPS) is 11.8. The Morgan fingerprint density at radius 2 is 2.03 bits per heavy atom. The lowest BCUT2D eigenvalue weighted by Gasteiger charge is -2.15. The minimum atomic E-state index is -1.80. The molecule has 152 valence electrons. The number of carbonyl (C=O) groups is 2. The van der Waals surface area contributed by atoms with Gasteiger partial charge in [-0.1, -0.05) is 22.8 Å². The van der Waals surface area contributed by atoms with Gasteiger partial charge in [0.2, 0.25) is 4.90 Å². The van der Waals surface area contributed by atoms with Crippen molar-refractivity contribution in [2.24, 2.45) is 0 Å². The Hall–Kier alpha value is -2.53. The van der Waals surface area contributed by atoms with E-state index in [1.807, 2.05) is 13.0 Å². The van der Waals surface area contributed by atoms with Crippen LogP contribution in [0.1, 0.15) is 31.2 Å². The summed E-state index contributed by atoms with van der Waals surface area (Å²) in [6, 6.07) is 5.13. The molecule has 3 rings (SSSR count). The van der Waals surface area contributed by atoms with Gasteiger partial charge in [0.05, 0.1) is 17.4 Å². The zero-order valence-corrected chi connectivity index (χ0v) is 18.1. The van der Waals surface area contributed by atoms with Crippen LogP contribution in [-0.2, 0) is 11.4 Å². The molecule has 3 aromatic rings. The molecule has 8 nitrogen and oxygen atoms in total. The Kier molecular flexibility index (Phi) is 6.48. The van der Waals surface area contributed by atoms with Gasteiger partial charge in [0.1, 0.15) is 16.4 Å². The molecule has 1 atom stereocenters. The van der Waals surface area contributed by atoms with Gasteiger partial charge in [0, 0.05) is 13.1 Å². The van der Waals surface area contributed by atoms with Crippen LogP contribution in [0.4, 0.5) is 11.6 Å². The number of hydrogen-bond acceptors (Lipinski definition) is 7. The number of halogens is 1. The minimum absolute atomic E-state index is 0.0406. The minimum Gasteiger partial charge on any atom is -0.588 e. The Morgan fingerprint density at radius 1 is 1.28 bits per heavy atom. The number of thiophene rings is 1. The van der Waals surface area contributed by atoms with Gasteiger partial charge in [-0.25, -0.2) is 0 Å². The average molecular weight is 453 g/mol. The van der Waals surface area contributed by atoms with Crippen molar-refractivity contribution in [1.29, 1.82) is 0 Å². The molecule has 2 amide bonds. The van der Waals surface area contributed by atoms with Gasteiger partial charge in [-0.3, -0.25) is 9.59 Å². The molecule has 0 bridgehead atoms. The van der Waals surface area contributed by atoms with E-state index in [0.717, 1.165) is 22.5 Å². The Morgan fingerprint density at radius 3 is 2.69 bits per heavy atom. The summed E-state index contributed by atoms with van der Waals surface area (Å²) < 4.78 is 20.1. The number of aromatic nitrogens is 1. The number of amides is 2. The van der Waals surface area contributed by atoms with E-state index < -0.39 is 17.3 Å². The number of nitrogens with one attached hydrogen (secondary N) is 3. The number of rotatable bonds is 6. The van der Waals surface area contributed by atoms with E-state index >= 15 is 0 Å². The number of nitrogens with zero attached hydrogens (tertiary/aromatic N) is 1. The van der Waals surface area contributed by atoms with E-state index in [0.29, 0.717) is 11.3 Å². The van der Waals surface area contributed by atoms with Gasteiger partial charge < -0.3 is 19.7 Å². The van der Waals surface area contributed by atoms with Crippen molar-refractivity contribution in [2.75, 3.05) is 17.1 Å². The second-order valence-electron chi connectivity index (χ2n) is 6.03. The fourth-order valence-corrected chi connectivity index (χ4v) is 4.86. The van der Waals surface area contributed by atoms with Crippen molar-refractivity contribution in [3.63, 3.8) is 0 Å². The van der Waals surface area contributed by atoms with Crippen molar-refractivity contribution in [3.8, 4) is 0 Å². The number of aryl methyl sites for hydroxylation is 2. The zero-order valence-electron chi connectivity index (χ0n) is 15.7. The predicted octanol–water partition coefficient (Wildman–Crippen LogP) is 3.75. The highest BCUT2D eigenvalue weighted by molar-refractivity contribution is 7.93. The van der Waals surface area contributed by atoms with Crippen LogP contribution in [0.15, 0.2) is 39.2 Å². The largest absolute Gasteiger partial charge is 0.588 e. The Bertz CT molecular complexity index is 1070. The van der Waals surface area contributed by atoms with Crippen LogP contribution in [0.2, 0.25) is 5.02 Å². The average Bonchev–Trinajstić information content (AvgIpc) is 3.32. The summed E-state index contributed by atoms with van der Waals surface area (Å²) in [5.74, 6) is -0.756. The molecule has 2 heterocycles. The molecule has 0 radical (unpaired) electrons. The van der Waals surface area contributed by atoms with Crippen molar-refractivity contribution in [1.82, 2.24) is 10.5 Å². The van der Waals surface area contributed by atoms with Crippen molar-refractivity contribution in [2.45, 2.75) is 18.7 Å². The highest BCUT2D eigenvalue weighted by Gasteiger charge is 2.27. The van der Waals surface area contributed by atoms with Gasteiger partial charge in [0.15, 0.2) is 4.88 Å². The summed E-state index contributed by atoms with van der Waals surface area (Å²) in [6.07, 6.45) is 1.27. The van der Waals surface area contributed by atoms with Crippen LogP contribution < -0.4 is 15.4 Å². The van der Waals surface area contributed by atoms with Gasteiger partial charge in [-0.05, 0) is 36.4 Å². The van der Waals surface area contributed by atoms with E-state index in [1.165, 1.54) is 13.2 Å². The molecule has 0 aliphatic rings. The topological polar surface area (TPSA) is 119 Å². The van der Waals surface area contributed by atoms with Crippen molar-refractivity contribution >= 4 is 57.7 Å². The molecule has 0 spiro atoms. The fourth-order valence-electron chi connectivity index (χ4n) is 2.66. The third-order valence-electron chi connectivity index (χ3n) is 3.94. The van der Waals surface area contributed by atoms with Crippen LogP contribution in [0.25, 0.3) is 0 Å². The second-order valence-corrected chi connectivity index (χ2v) is 8.53. The summed E-state index contributed by atoms with van der Waals surface area (Å²) in [7, 11) is 1.52. The number of carbonyl (C=O) groups excluding carboxylic acids is 2. The Balaban J connectivity index is 1.87. The lowest BCUT2D eigenvalue weighted by atomic mass is 10.0. The Labute approximate surface area is 178 Å². The first kappa shape index (κ1) is 21.2. The van der Waals surface area contributed by atoms with Crippen LogP contribution in [0, 0.1) is 13.8 Å². The summed E-state index contributed by atoms with van der Waals surface area (Å²) >= 11 is 5.20. The third-order valence-corrected chi connectivity index (χ3v) is 6.36. The molecular weight excluding hydrogens is 436 g/mol. The quantitative estimate of drug-likeness (QED) is 0.490. The number of benzene rings is 1. The summed E-state index contributed by atoms with van der Waals surface area (Å²) in [6.45, 7) is 3.67. The highest BCUT2D eigenvalue weighted by atomic mass is 35.5. The lowest BCUT2D eigenvalue weighted by Crippen LogP contribution is -2.23. The first-order valence-electron chi connectivity index (χ1n) is 8.32. The molecule has 3 N–H and O–H groups in total. The summed E-state index contributed by atoms with van der Waals surface area (Å²) in [5.41, 5.74) is 2.38. The lowest BCUT2D eigenvalue weighted by molar-refractivity contribution is 0.0964. The molecule has 0 aliphatic carbocycles. The van der Waals surface area contributed by atoms with Crippen LogP contribution in [0.3, 0.4) is 0 Å². The molecule has 11 heteroatoms. The predicted molar refractivity (Wildman–Crippen MR) is 113 cm³/mol. The first-order valence-corrected chi connectivity index (χ1v) is 10.7. The molecule has 29 heavy (non-hydrogen) atoms. The van der Waals surface area contributed by atoms with E-state index in [2.05, 4.69) is 20.5 Å². The maximum absolute atomic E-state index is 12.9. The smallest absolute Gasteiger partial charge is 0.284 e. The highest BCUT2D eigenvalue weighted by Crippen LogP contribution is 2.29. The molecule has 0 aliphatic heterocycles. The van der Waals surface area contributed by atoms with Gasteiger partial charge in [0.25, 0.3) is 17.7 Å². The second kappa shape index (κ2) is 8.87. The van der Waals surface area contributed by atoms with E-state index in [4.69, 9.17) is 16.1 Å². The molecule has 0 fully saturated rings. The molecule has 1 aromatic carbocycles. The number of anilines is 2. The zero-order chi connectivity index (χ0) is 21.1. The van der Waals surface area contributed by atoms with Gasteiger partial charge in [-0.15, -0.1) is 11.3 Å². The molecule has 1 unspecified atom stereocenters. The van der Waals surface area contributed by atoms with Gasteiger partial charge in [-0.2, -0.15) is 4.72 Å². The van der Waals surface area contributed by atoms with E-state index in [-0.39, 0.29) is 26.6 Å².